The summed E-state index contributed by atoms with van der Waals surface area (Å²) < 4.78 is 16.6. The van der Waals surface area contributed by atoms with Crippen LogP contribution < -0.4 is 10.0 Å². The quantitative estimate of drug-likeness (QED) is 0.117. The number of ether oxygens (including phenoxy) is 3. The molecule has 7 N–H and O–H groups in total. The van der Waals surface area contributed by atoms with Gasteiger partial charge < -0.3 is 54.8 Å². The fourth-order valence-electron chi connectivity index (χ4n) is 5.47. The largest absolute Gasteiger partial charge is 0.544 e. The van der Waals surface area contributed by atoms with Crippen LogP contribution in [0.25, 0.3) is 0 Å². The van der Waals surface area contributed by atoms with E-state index in [0.717, 1.165) is 6.26 Å². The predicted molar refractivity (Wildman–Crippen MR) is 150 cm³/mol. The fourth-order valence-corrected chi connectivity index (χ4v) is 5.47. The molecule has 14 nitrogen and oxygen atoms in total. The Morgan fingerprint density at radius 2 is 1.78 bits per heavy atom. The van der Waals surface area contributed by atoms with Gasteiger partial charge in [0.05, 0.1) is 35.9 Å². The minimum atomic E-state index is -1.75. The molecule has 242 valence electrons. The lowest BCUT2D eigenvalue weighted by molar-refractivity contribution is -0.863. The van der Waals surface area contributed by atoms with Gasteiger partial charge in [0.15, 0.2) is 6.29 Å². The molecule has 3 aliphatic rings. The Kier molecular flexibility index (Phi) is 11.1. The number of carboxylic acids is 3. The third kappa shape index (κ3) is 7.75. The van der Waals surface area contributed by atoms with Crippen molar-refractivity contribution in [2.45, 2.75) is 49.5 Å². The second kappa shape index (κ2) is 14.8. The third-order valence-corrected chi connectivity index (χ3v) is 7.93. The molecule has 1 fully saturated rings. The molecule has 1 saturated heterocycles. The number of hydrogen-bond acceptors (Lipinski definition) is 11. The maximum absolute atomic E-state index is 12.2. The first-order chi connectivity index (χ1) is 21.4. The number of carbonyl (C=O) groups excluding carboxylic acids is 1. The molecule has 1 unspecified atom stereocenters. The van der Waals surface area contributed by atoms with Crippen molar-refractivity contribution in [3.8, 4) is 0 Å². The van der Waals surface area contributed by atoms with E-state index in [4.69, 9.17) is 14.2 Å². The molecule has 0 aliphatic carbocycles. The lowest BCUT2D eigenvalue weighted by Gasteiger charge is -2.42. The second-order valence-electron chi connectivity index (χ2n) is 10.8. The van der Waals surface area contributed by atoms with Gasteiger partial charge in [-0.05, 0) is 11.6 Å². The molecule has 3 aliphatic heterocycles. The van der Waals surface area contributed by atoms with Gasteiger partial charge in [-0.15, -0.1) is 6.58 Å². The van der Waals surface area contributed by atoms with Crippen LogP contribution in [0.15, 0.2) is 90.4 Å². The van der Waals surface area contributed by atoms with E-state index in [1.165, 1.54) is 30.5 Å². The first-order valence-corrected chi connectivity index (χ1v) is 14.1. The first-order valence-electron chi connectivity index (χ1n) is 14.1. The molecule has 1 aromatic rings. The predicted octanol–water partition coefficient (Wildman–Crippen LogP) is -2.74. The summed E-state index contributed by atoms with van der Waals surface area (Å²) in [5, 5.41) is 71.9. The zero-order valence-electron chi connectivity index (χ0n) is 23.9. The number of carbonyl (C=O) groups is 3. The van der Waals surface area contributed by atoms with Crippen LogP contribution in [0.4, 0.5) is 0 Å². The highest BCUT2D eigenvalue weighted by Gasteiger charge is 2.47. The first kappa shape index (κ1) is 33.7. The van der Waals surface area contributed by atoms with Gasteiger partial charge in [-0.3, -0.25) is 4.90 Å². The molecule has 45 heavy (non-hydrogen) atoms. The maximum atomic E-state index is 12.2. The summed E-state index contributed by atoms with van der Waals surface area (Å²) in [5.41, 5.74) is 0.716. The van der Waals surface area contributed by atoms with E-state index in [1.54, 1.807) is 30.3 Å². The van der Waals surface area contributed by atoms with Crippen molar-refractivity contribution in [1.82, 2.24) is 0 Å². The number of benzene rings is 1. The number of aliphatic hydroxyl groups is 4. The number of quaternary nitrogens is 1. The molecule has 14 heteroatoms. The van der Waals surface area contributed by atoms with Crippen molar-refractivity contribution >= 4 is 17.9 Å². The van der Waals surface area contributed by atoms with Gasteiger partial charge in [0.1, 0.15) is 43.2 Å². The molecule has 10 atom stereocenters. The summed E-state index contributed by atoms with van der Waals surface area (Å²) >= 11 is 0. The highest BCUT2D eigenvalue weighted by Crippen LogP contribution is 2.36. The topological polar surface area (TPSA) is 228 Å². The minimum Gasteiger partial charge on any atom is -0.544 e. The standard InChI is InChI=1S/C31H35NO13/c1-2-19-20(21(28(39)40)15-43-30(19)45-31-26(36)25(35)24(34)23(14-33)44-31)9-8-17-10-18(27(37)38)13-32(12-17)22(29(41)42)11-16-6-4-3-5-7-16/h2-10,12,15,19-20,22-26,30-31,33-36H,1,11,13-14H2,(H,37,38)(H,39,40)(H,41,42)/b9-8+/t19-,20+,22+,23-,24-,25+,26-,30+,31+/m1/s1. The van der Waals surface area contributed by atoms with Gasteiger partial charge in [0.2, 0.25) is 6.29 Å². The number of hydrogen-bond donors (Lipinski definition) is 7. The zero-order chi connectivity index (χ0) is 32.8. The highest BCUT2D eigenvalue weighted by molar-refractivity contribution is 5.88. The number of carboxylic acid groups (broad SMARTS) is 3. The van der Waals surface area contributed by atoms with Crippen molar-refractivity contribution in [2.75, 3.05) is 13.2 Å². The van der Waals surface area contributed by atoms with Crippen LogP contribution in [-0.4, -0.2) is 105 Å². The van der Waals surface area contributed by atoms with Crippen LogP contribution >= 0.6 is 0 Å². The van der Waals surface area contributed by atoms with Gasteiger partial charge in [-0.2, -0.15) is 0 Å². The van der Waals surface area contributed by atoms with Crippen molar-refractivity contribution in [3.05, 3.63) is 96.0 Å². The molecule has 0 saturated carbocycles. The summed E-state index contributed by atoms with van der Waals surface area (Å²) in [4.78, 5) is 36.6. The summed E-state index contributed by atoms with van der Waals surface area (Å²) in [6, 6.07) is 7.67. The maximum Gasteiger partial charge on any atom is 0.337 e. The fraction of sp³-hybridized carbons (Fsp3) is 0.387. The van der Waals surface area contributed by atoms with Crippen LogP contribution in [0.1, 0.15) is 5.56 Å². The SMILES string of the molecule is C=C[C@H]1[C@H](O[C@@H]2O[C@H](CO)[C@@H](O)[C@H](O)[C@H]2O)OC=C(C(=O)O)[C@H]1/C=C/C1=C[NH+]([C@@H](Cc2ccccc2)C(=O)[O-])CC(C(=O)O)=C1. The van der Waals surface area contributed by atoms with Crippen LogP contribution in [-0.2, 0) is 35.0 Å². The summed E-state index contributed by atoms with van der Waals surface area (Å²) in [7, 11) is 0. The second-order valence-corrected chi connectivity index (χ2v) is 10.8. The van der Waals surface area contributed by atoms with Crippen molar-refractivity contribution < 1.29 is 69.2 Å². The number of aliphatic carboxylic acids is 3. The summed E-state index contributed by atoms with van der Waals surface area (Å²) in [5.74, 6) is -5.89. The molecule has 0 amide bonds. The van der Waals surface area contributed by atoms with Gasteiger partial charge >= 0.3 is 11.9 Å². The van der Waals surface area contributed by atoms with Crippen LogP contribution in [0.3, 0.4) is 0 Å². The number of aliphatic hydroxyl groups excluding tert-OH is 4. The molecule has 1 aromatic carbocycles. The molecule has 0 bridgehead atoms. The van der Waals surface area contributed by atoms with Gasteiger partial charge in [0.25, 0.3) is 0 Å². The van der Waals surface area contributed by atoms with E-state index in [9.17, 15) is 50.1 Å². The molecular formula is C31H35NO13. The Morgan fingerprint density at radius 1 is 1.07 bits per heavy atom. The van der Waals surface area contributed by atoms with E-state index in [1.807, 2.05) is 0 Å². The van der Waals surface area contributed by atoms with E-state index >= 15 is 0 Å². The molecule has 0 spiro atoms. The van der Waals surface area contributed by atoms with E-state index in [0.29, 0.717) is 16.0 Å². The average molecular weight is 630 g/mol. The normalized spacial score (nSPS) is 32.4. The van der Waals surface area contributed by atoms with Gasteiger partial charge in [-0.25, -0.2) is 9.59 Å². The summed E-state index contributed by atoms with van der Waals surface area (Å²) in [6.45, 7) is 2.91. The Hall–Kier alpha value is -4.15. The number of rotatable bonds is 12. The van der Waals surface area contributed by atoms with Gasteiger partial charge in [0, 0.05) is 17.9 Å². The Balaban J connectivity index is 1.62. The van der Waals surface area contributed by atoms with E-state index in [-0.39, 0.29) is 24.1 Å². The molecular weight excluding hydrogens is 594 g/mol. The monoisotopic (exact) mass is 629 g/mol. The van der Waals surface area contributed by atoms with Gasteiger partial charge in [-0.1, -0.05) is 48.6 Å². The third-order valence-electron chi connectivity index (χ3n) is 7.93. The lowest BCUT2D eigenvalue weighted by Crippen LogP contribution is -3.14. The van der Waals surface area contributed by atoms with Crippen LogP contribution in [0.2, 0.25) is 0 Å². The molecule has 0 radical (unpaired) electrons. The van der Waals surface area contributed by atoms with E-state index < -0.39 is 79.4 Å². The molecule has 3 heterocycles. The Labute approximate surface area is 257 Å². The molecule has 0 aromatic heterocycles. The Morgan fingerprint density at radius 3 is 2.38 bits per heavy atom. The van der Waals surface area contributed by atoms with Crippen molar-refractivity contribution in [3.63, 3.8) is 0 Å². The van der Waals surface area contributed by atoms with Crippen molar-refractivity contribution in [1.29, 1.82) is 0 Å². The minimum absolute atomic E-state index is 0.0697. The molecule has 4 rings (SSSR count). The van der Waals surface area contributed by atoms with E-state index in [2.05, 4.69) is 6.58 Å². The zero-order valence-corrected chi connectivity index (χ0v) is 23.9. The average Bonchev–Trinajstić information content (AvgIpc) is 3.02. The van der Waals surface area contributed by atoms with Crippen LogP contribution in [0, 0.1) is 11.8 Å². The Bertz CT molecular complexity index is 1380. The number of nitrogens with one attached hydrogen (secondary N) is 1. The van der Waals surface area contributed by atoms with Crippen LogP contribution in [0.5, 0.6) is 0 Å². The highest BCUT2D eigenvalue weighted by atomic mass is 16.8. The smallest absolute Gasteiger partial charge is 0.337 e. The number of allylic oxidation sites excluding steroid dienone is 4. The van der Waals surface area contributed by atoms with Crippen molar-refractivity contribution in [2.24, 2.45) is 11.8 Å². The summed E-state index contributed by atoms with van der Waals surface area (Å²) in [6.07, 6.45) is -1.12. The lowest BCUT2D eigenvalue weighted by atomic mass is 9.83.